The molecule has 1 atom stereocenters. The molecule has 9 heteroatoms. The number of likely N-dealkylation sites (N-methyl/N-ethyl adjacent to an activating group) is 1. The van der Waals surface area contributed by atoms with E-state index in [1.165, 1.54) is 17.0 Å². The van der Waals surface area contributed by atoms with Gasteiger partial charge in [0.05, 0.1) is 31.7 Å². The van der Waals surface area contributed by atoms with Gasteiger partial charge in [-0.15, -0.1) is 0 Å². The van der Waals surface area contributed by atoms with E-state index in [4.69, 9.17) is 14.2 Å². The highest BCUT2D eigenvalue weighted by Gasteiger charge is 2.36. The molecule has 0 spiro atoms. The maximum absolute atomic E-state index is 13.2. The van der Waals surface area contributed by atoms with Crippen molar-refractivity contribution in [2.45, 2.75) is 12.5 Å². The number of aryl methyl sites for hydroxylation is 1. The molecule has 1 aromatic carbocycles. The molecule has 0 saturated carbocycles. The van der Waals surface area contributed by atoms with Crippen LogP contribution in [-0.2, 0) is 21.4 Å². The van der Waals surface area contributed by atoms with Crippen molar-refractivity contribution >= 4 is 17.5 Å². The summed E-state index contributed by atoms with van der Waals surface area (Å²) in [5.74, 6) is 0.710. The molecule has 0 N–H and O–H groups in total. The molecule has 2 aromatic rings. The van der Waals surface area contributed by atoms with Gasteiger partial charge in [-0.05, 0) is 30.3 Å². The van der Waals surface area contributed by atoms with Gasteiger partial charge in [-0.3, -0.25) is 9.59 Å². The third-order valence-corrected chi connectivity index (χ3v) is 5.27. The zero-order valence-corrected chi connectivity index (χ0v) is 18.5. The molecule has 166 valence electrons. The number of hydrazone groups is 1. The van der Waals surface area contributed by atoms with Gasteiger partial charge < -0.3 is 23.7 Å². The largest absolute Gasteiger partial charge is 0.497 e. The summed E-state index contributed by atoms with van der Waals surface area (Å²) in [7, 11) is 8.11. The third kappa shape index (κ3) is 4.72. The van der Waals surface area contributed by atoms with Crippen LogP contribution >= 0.6 is 0 Å². The summed E-state index contributed by atoms with van der Waals surface area (Å²) in [6.45, 7) is -0.205. The lowest BCUT2D eigenvalue weighted by atomic mass is 9.99. The van der Waals surface area contributed by atoms with E-state index in [1.807, 2.05) is 42.1 Å². The Labute approximate surface area is 181 Å². The Morgan fingerprint density at radius 2 is 1.97 bits per heavy atom. The summed E-state index contributed by atoms with van der Waals surface area (Å²) in [4.78, 5) is 26.6. The maximum Gasteiger partial charge on any atom is 0.262 e. The fourth-order valence-electron chi connectivity index (χ4n) is 3.60. The van der Waals surface area contributed by atoms with Crippen molar-refractivity contribution in [1.82, 2.24) is 14.5 Å². The lowest BCUT2D eigenvalue weighted by Crippen LogP contribution is -2.40. The van der Waals surface area contributed by atoms with E-state index in [1.54, 1.807) is 27.3 Å². The van der Waals surface area contributed by atoms with Gasteiger partial charge in [0.15, 0.2) is 0 Å². The van der Waals surface area contributed by atoms with Gasteiger partial charge in [0.2, 0.25) is 5.91 Å². The first-order valence-electron chi connectivity index (χ1n) is 9.85. The fourth-order valence-corrected chi connectivity index (χ4v) is 3.60. The molecule has 1 aliphatic heterocycles. The summed E-state index contributed by atoms with van der Waals surface area (Å²) >= 11 is 0. The van der Waals surface area contributed by atoms with Crippen molar-refractivity contribution in [2.75, 3.05) is 41.5 Å². The maximum atomic E-state index is 13.2. The number of benzene rings is 1. The molecule has 3 rings (SSSR count). The van der Waals surface area contributed by atoms with Crippen LogP contribution in [0.2, 0.25) is 0 Å². The normalized spacial score (nSPS) is 15.6. The second kappa shape index (κ2) is 9.65. The van der Waals surface area contributed by atoms with Crippen LogP contribution in [0.5, 0.6) is 11.5 Å². The van der Waals surface area contributed by atoms with Gasteiger partial charge in [0, 0.05) is 39.4 Å². The van der Waals surface area contributed by atoms with Gasteiger partial charge in [-0.25, -0.2) is 5.01 Å². The summed E-state index contributed by atoms with van der Waals surface area (Å²) in [5, 5.41) is 6.09. The molecule has 9 nitrogen and oxygen atoms in total. The highest BCUT2D eigenvalue weighted by molar-refractivity contribution is 6.02. The number of hydrogen-bond acceptors (Lipinski definition) is 6. The van der Waals surface area contributed by atoms with Gasteiger partial charge in [0.1, 0.15) is 24.7 Å². The molecule has 0 fully saturated rings. The summed E-state index contributed by atoms with van der Waals surface area (Å²) in [5.41, 5.74) is 2.49. The lowest BCUT2D eigenvalue weighted by Gasteiger charge is -2.26. The Kier molecular flexibility index (Phi) is 6.96. The fraction of sp³-hybridized carbons (Fsp3) is 0.409. The molecule has 0 saturated heterocycles. The number of nitrogens with zero attached hydrogens (tertiary/aromatic N) is 4. The number of carbonyl (C=O) groups excluding carboxylic acids is 2. The van der Waals surface area contributed by atoms with Crippen molar-refractivity contribution in [3.8, 4) is 11.5 Å². The highest BCUT2D eigenvalue weighted by atomic mass is 16.5. The Hall–Kier alpha value is -3.33. The van der Waals surface area contributed by atoms with E-state index in [-0.39, 0.29) is 25.0 Å². The van der Waals surface area contributed by atoms with E-state index < -0.39 is 6.04 Å². The highest BCUT2D eigenvalue weighted by Crippen LogP contribution is 2.39. The lowest BCUT2D eigenvalue weighted by molar-refractivity contribution is -0.142. The van der Waals surface area contributed by atoms with Gasteiger partial charge in [0.25, 0.3) is 5.91 Å². The minimum Gasteiger partial charge on any atom is -0.497 e. The molecular weight excluding hydrogens is 400 g/mol. The number of amides is 2. The Morgan fingerprint density at radius 3 is 2.58 bits per heavy atom. The molecule has 1 aliphatic rings. The minimum atomic E-state index is -0.395. The van der Waals surface area contributed by atoms with Crippen LogP contribution in [-0.4, -0.2) is 73.5 Å². The van der Waals surface area contributed by atoms with Crippen LogP contribution in [0.3, 0.4) is 0 Å². The molecule has 0 unspecified atom stereocenters. The standard InChI is InChI=1S/C22H28N4O5/c1-24-10-6-7-18(24)17-12-19(16-11-15(30-4)8-9-20(16)31-5)26(23-17)21(27)13-25(2)22(28)14-29-3/h6-11,19H,12-14H2,1-5H3/t19-/m1/s1. The van der Waals surface area contributed by atoms with Gasteiger partial charge in [-0.2, -0.15) is 5.10 Å². The predicted octanol–water partition coefficient (Wildman–Crippen LogP) is 1.82. The van der Waals surface area contributed by atoms with Gasteiger partial charge >= 0.3 is 0 Å². The van der Waals surface area contributed by atoms with Crippen molar-refractivity contribution in [3.63, 3.8) is 0 Å². The monoisotopic (exact) mass is 428 g/mol. The first kappa shape index (κ1) is 22.4. The van der Waals surface area contributed by atoms with Crippen LogP contribution < -0.4 is 9.47 Å². The second-order valence-electron chi connectivity index (χ2n) is 7.30. The number of methoxy groups -OCH3 is 3. The van der Waals surface area contributed by atoms with Crippen LogP contribution in [0.4, 0.5) is 0 Å². The van der Waals surface area contributed by atoms with Crippen molar-refractivity contribution in [2.24, 2.45) is 12.1 Å². The van der Waals surface area contributed by atoms with E-state index in [0.29, 0.717) is 17.9 Å². The molecule has 0 radical (unpaired) electrons. The Bertz CT molecular complexity index is 984. The molecule has 2 amide bonds. The van der Waals surface area contributed by atoms with E-state index >= 15 is 0 Å². The van der Waals surface area contributed by atoms with Crippen molar-refractivity contribution in [1.29, 1.82) is 0 Å². The van der Waals surface area contributed by atoms with Crippen LogP contribution in [0.1, 0.15) is 23.7 Å². The SMILES string of the molecule is COCC(=O)N(C)CC(=O)N1N=C(c2cccn2C)C[C@@H]1c1cc(OC)ccc1OC. The van der Waals surface area contributed by atoms with Crippen LogP contribution in [0, 0.1) is 0 Å². The number of aromatic nitrogens is 1. The summed E-state index contributed by atoms with van der Waals surface area (Å²) < 4.78 is 17.8. The Balaban J connectivity index is 1.97. The predicted molar refractivity (Wildman–Crippen MR) is 115 cm³/mol. The van der Waals surface area contributed by atoms with E-state index in [0.717, 1.165) is 17.0 Å². The average Bonchev–Trinajstić information content (AvgIpc) is 3.39. The van der Waals surface area contributed by atoms with Crippen LogP contribution in [0.25, 0.3) is 0 Å². The van der Waals surface area contributed by atoms with Crippen molar-refractivity contribution < 1.29 is 23.8 Å². The van der Waals surface area contributed by atoms with E-state index in [2.05, 4.69) is 5.10 Å². The smallest absolute Gasteiger partial charge is 0.262 e. The number of hydrogen-bond donors (Lipinski definition) is 0. The van der Waals surface area contributed by atoms with E-state index in [9.17, 15) is 9.59 Å². The molecule has 0 aliphatic carbocycles. The minimum absolute atomic E-state index is 0.0885. The second-order valence-corrected chi connectivity index (χ2v) is 7.30. The first-order chi connectivity index (χ1) is 14.9. The number of carbonyl (C=O) groups is 2. The third-order valence-electron chi connectivity index (χ3n) is 5.27. The Morgan fingerprint density at radius 1 is 1.19 bits per heavy atom. The number of rotatable bonds is 8. The topological polar surface area (TPSA) is 85.6 Å². The molecule has 2 heterocycles. The summed E-state index contributed by atoms with van der Waals surface area (Å²) in [6, 6.07) is 8.97. The van der Waals surface area contributed by atoms with Gasteiger partial charge in [-0.1, -0.05) is 0 Å². The van der Waals surface area contributed by atoms with Crippen LogP contribution in [0.15, 0.2) is 41.6 Å². The molecule has 1 aromatic heterocycles. The molecule has 31 heavy (non-hydrogen) atoms. The summed E-state index contributed by atoms with van der Waals surface area (Å²) in [6.07, 6.45) is 2.43. The molecular formula is C22H28N4O5. The zero-order chi connectivity index (χ0) is 22.5. The average molecular weight is 428 g/mol. The quantitative estimate of drug-likeness (QED) is 0.640. The molecule has 0 bridgehead atoms. The number of ether oxygens (including phenoxy) is 3. The first-order valence-corrected chi connectivity index (χ1v) is 9.85. The van der Waals surface area contributed by atoms with Crippen molar-refractivity contribution in [3.05, 3.63) is 47.8 Å². The zero-order valence-electron chi connectivity index (χ0n) is 18.5.